The molecule has 18 nitrogen and oxygen atoms in total. The quantitative estimate of drug-likeness (QED) is 0.138. The topological polar surface area (TPSA) is 176 Å². The van der Waals surface area contributed by atoms with E-state index in [1.54, 1.807) is 47.5 Å². The first-order chi connectivity index (χ1) is 38.4. The van der Waals surface area contributed by atoms with E-state index in [1.165, 1.54) is 47.9 Å². The Morgan fingerprint density at radius 3 is 1.73 bits per heavy atom. The van der Waals surface area contributed by atoms with E-state index in [9.17, 15) is 9.59 Å². The van der Waals surface area contributed by atoms with E-state index in [0.29, 0.717) is 30.3 Å². The number of pyridine rings is 2. The lowest BCUT2D eigenvalue weighted by Gasteiger charge is -2.32. The van der Waals surface area contributed by atoms with Gasteiger partial charge in [0.25, 0.3) is 0 Å². The summed E-state index contributed by atoms with van der Waals surface area (Å²) in [6.45, 7) is 21.0. The molecule has 13 rings (SSSR count). The normalized spacial score (nSPS) is 19.0. The first-order valence-corrected chi connectivity index (χ1v) is 28.3. The highest BCUT2D eigenvalue weighted by Crippen LogP contribution is 2.37. The highest BCUT2D eigenvalue weighted by atomic mass is 35.5. The molecule has 0 aliphatic carbocycles. The van der Waals surface area contributed by atoms with Gasteiger partial charge in [-0.1, -0.05) is 54.1 Å². The Bertz CT molecular complexity index is 3570. The summed E-state index contributed by atoms with van der Waals surface area (Å²) in [7, 11) is -0.318. The summed E-state index contributed by atoms with van der Waals surface area (Å²) in [6, 6.07) is 29.7. The van der Waals surface area contributed by atoms with Crippen LogP contribution in [0.2, 0.25) is 5.15 Å². The van der Waals surface area contributed by atoms with Crippen molar-refractivity contribution in [3.63, 3.8) is 0 Å². The van der Waals surface area contributed by atoms with Gasteiger partial charge in [-0.25, -0.2) is 29.0 Å². The smallest absolute Gasteiger partial charge is 0.399 e. The van der Waals surface area contributed by atoms with E-state index >= 15 is 0 Å². The first-order valence-electron chi connectivity index (χ1n) is 27.9. The minimum absolute atomic E-state index is 0.114. The molecule has 0 radical (unpaired) electrons. The Hall–Kier alpha value is -7.61. The molecule has 2 N–H and O–H groups in total. The second-order valence-corrected chi connectivity index (χ2v) is 23.0. The maximum absolute atomic E-state index is 11.9. The molecule has 3 fully saturated rings. The monoisotopic (exact) mass is 1100 g/mol. The molecule has 80 heavy (non-hydrogen) atoms. The molecule has 8 aromatic rings. The molecule has 2 amide bonds. The van der Waals surface area contributed by atoms with E-state index in [4.69, 9.17) is 36.0 Å². The van der Waals surface area contributed by atoms with Crippen molar-refractivity contribution in [1.29, 1.82) is 0 Å². The maximum Gasteiger partial charge on any atom is 0.494 e. The van der Waals surface area contributed by atoms with Crippen LogP contribution in [0.15, 0.2) is 110 Å². The van der Waals surface area contributed by atoms with Gasteiger partial charge in [-0.05, 0) is 144 Å². The number of carbonyl (C=O) groups is 2. The molecule has 20 heteroatoms. The van der Waals surface area contributed by atoms with Crippen molar-refractivity contribution in [2.75, 3.05) is 46.6 Å². The van der Waals surface area contributed by atoms with Crippen molar-refractivity contribution in [3.05, 3.63) is 137 Å². The van der Waals surface area contributed by atoms with Crippen LogP contribution in [0.1, 0.15) is 103 Å². The van der Waals surface area contributed by atoms with Crippen LogP contribution in [0.25, 0.3) is 22.6 Å². The highest BCUT2D eigenvalue weighted by Gasteiger charge is 2.51. The highest BCUT2D eigenvalue weighted by molar-refractivity contribution is 6.62. The number of nitrogens with one attached hydrogen (secondary N) is 2. The number of aromatic nitrogens is 8. The van der Waals surface area contributed by atoms with Crippen molar-refractivity contribution in [3.8, 4) is 11.3 Å². The Labute approximate surface area is 473 Å². The number of halogens is 1. The lowest BCUT2D eigenvalue weighted by Crippen LogP contribution is -2.41. The van der Waals surface area contributed by atoms with Crippen molar-refractivity contribution in [2.24, 2.45) is 0 Å². The second-order valence-electron chi connectivity index (χ2n) is 22.6. The third-order valence-corrected chi connectivity index (χ3v) is 16.7. The number of hydrogen-bond donors (Lipinski definition) is 2. The van der Waals surface area contributed by atoms with Crippen molar-refractivity contribution >= 4 is 81.9 Å². The van der Waals surface area contributed by atoms with E-state index in [2.05, 4.69) is 126 Å². The number of nitrogens with zero attached hydrogens (tertiary/aromatic N) is 12. The van der Waals surface area contributed by atoms with E-state index in [-0.39, 0.29) is 30.1 Å². The largest absolute Gasteiger partial charge is 0.494 e. The Balaban J connectivity index is 0.000000132. The fourth-order valence-corrected chi connectivity index (χ4v) is 11.4. The van der Waals surface area contributed by atoms with E-state index < -0.39 is 0 Å². The average molecular weight is 1100 g/mol. The Morgan fingerprint density at radius 2 is 1.16 bits per heavy atom. The molecule has 5 aliphatic heterocycles. The summed E-state index contributed by atoms with van der Waals surface area (Å²) < 4.78 is 15.7. The molecule has 5 aliphatic rings. The van der Waals surface area contributed by atoms with Crippen molar-refractivity contribution in [2.45, 2.75) is 130 Å². The maximum atomic E-state index is 11.9. The summed E-state index contributed by atoms with van der Waals surface area (Å²) in [4.78, 5) is 50.4. The number of imidazole rings is 2. The van der Waals surface area contributed by atoms with Gasteiger partial charge < -0.3 is 39.5 Å². The van der Waals surface area contributed by atoms with Crippen molar-refractivity contribution < 1.29 is 18.9 Å². The van der Waals surface area contributed by atoms with Crippen LogP contribution in [-0.2, 0) is 44.8 Å². The number of benzene rings is 2. The number of amides is 2. The molecule has 2 unspecified atom stereocenters. The SMILES string of the molecule is CC(=O)N1CCc2cc(B3OC(C)(C)C(C)(C)O3)ccc2C1.CC(=O)N1CCc2ccc(-c3cc(Nc4cccc(N5CCCC5C)n4)c4nccn4n3)cc2C1.CC1CCCN1c1cccc(Nc2cc(Cl)nn3ccnc23)n1. The van der Waals surface area contributed by atoms with Crippen molar-refractivity contribution in [1.82, 2.24) is 49.0 Å². The Kier molecular flexibility index (Phi) is 15.3. The minimum Gasteiger partial charge on any atom is -0.399 e. The molecule has 2 atom stereocenters. The molecule has 2 aromatic carbocycles. The van der Waals surface area contributed by atoms with Gasteiger partial charge in [-0.3, -0.25) is 9.59 Å². The zero-order valence-electron chi connectivity index (χ0n) is 47.0. The van der Waals surface area contributed by atoms with Gasteiger partial charge in [0.1, 0.15) is 23.3 Å². The molecule has 11 heterocycles. The number of anilines is 6. The molecule has 0 spiro atoms. The number of rotatable bonds is 8. The van der Waals surface area contributed by atoms with Gasteiger partial charge in [0, 0.05) is 102 Å². The molecule has 6 aromatic heterocycles. The van der Waals surface area contributed by atoms with Gasteiger partial charge >= 0.3 is 7.12 Å². The third-order valence-electron chi connectivity index (χ3n) is 16.6. The summed E-state index contributed by atoms with van der Waals surface area (Å²) in [5.41, 5.74) is 10.4. The lowest BCUT2D eigenvalue weighted by molar-refractivity contribution is -0.130. The average Bonchev–Trinajstić information content (AvgIpc) is 4.34. The number of hydrogen-bond acceptors (Lipinski definition) is 14. The summed E-state index contributed by atoms with van der Waals surface area (Å²) in [5, 5.41) is 16.2. The van der Waals surface area contributed by atoms with Gasteiger partial charge in [0.15, 0.2) is 16.4 Å². The standard InChI is InChI=1S/C27H29N7O.C17H24BNO3.C16H17ClN6/c1-18-5-4-12-33(18)26-7-3-6-25(30-26)29-24-16-23(31-34-14-11-28-27(24)34)21-9-8-20-10-13-32(19(2)35)17-22(20)15-21;1-12(20)19-9-8-13-10-15(7-6-14(13)11-19)18-21-16(2,3)17(4,5)22-18;1-11-4-3-8-22(11)15-6-2-5-14(20-15)19-12-10-13(17)21-23-9-7-18-16(12)23/h3,6-9,11,14-16,18H,4-5,10,12-13,17H2,1-2H3,(H,29,30);6-7,10H,8-9,11H2,1-5H3;2,5-7,9-11H,3-4,8H2,1H3,(H,19,20). The predicted octanol–water partition coefficient (Wildman–Crippen LogP) is 9.83. The van der Waals surface area contributed by atoms with Crippen LogP contribution in [-0.4, -0.2) is 117 Å². The van der Waals surface area contributed by atoms with Gasteiger partial charge in [0.2, 0.25) is 11.8 Å². The molecule has 414 valence electrons. The van der Waals surface area contributed by atoms with Crippen LogP contribution in [0.5, 0.6) is 0 Å². The first kappa shape index (κ1) is 54.4. The minimum atomic E-state index is -0.320. The summed E-state index contributed by atoms with van der Waals surface area (Å²) in [5.74, 6) is 3.81. The summed E-state index contributed by atoms with van der Waals surface area (Å²) >= 11 is 6.07. The zero-order chi connectivity index (χ0) is 55.9. The molecular formula is C60H70BClN14O4. The third kappa shape index (κ3) is 11.5. The van der Waals surface area contributed by atoms with Crippen LogP contribution < -0.4 is 25.9 Å². The number of carbonyl (C=O) groups excluding carboxylic acids is 2. The van der Waals surface area contributed by atoms with Crippen LogP contribution in [0.3, 0.4) is 0 Å². The van der Waals surface area contributed by atoms with Gasteiger partial charge in [-0.2, -0.15) is 10.2 Å². The fourth-order valence-electron chi connectivity index (χ4n) is 11.2. The van der Waals surface area contributed by atoms with E-state index in [0.717, 1.165) is 102 Å². The fraction of sp³-hybridized carbons (Fsp3) is 0.400. The summed E-state index contributed by atoms with van der Waals surface area (Å²) in [6.07, 6.45) is 13.7. The van der Waals surface area contributed by atoms with Gasteiger partial charge in [-0.15, -0.1) is 0 Å². The molecule has 0 bridgehead atoms. The van der Waals surface area contributed by atoms with Crippen LogP contribution >= 0.6 is 11.6 Å². The number of fused-ring (bicyclic) bond motifs is 4. The second kappa shape index (κ2) is 22.5. The molecule has 3 saturated heterocycles. The van der Waals surface area contributed by atoms with Crippen LogP contribution in [0.4, 0.5) is 34.6 Å². The zero-order valence-corrected chi connectivity index (χ0v) is 47.7. The molecule has 0 saturated carbocycles. The van der Waals surface area contributed by atoms with Crippen LogP contribution in [0, 0.1) is 0 Å². The molecular weight excluding hydrogens is 1030 g/mol. The van der Waals surface area contributed by atoms with E-state index in [1.807, 2.05) is 46.3 Å². The lowest BCUT2D eigenvalue weighted by atomic mass is 9.77. The van der Waals surface area contributed by atoms with Gasteiger partial charge in [0.05, 0.1) is 28.3 Å². The Morgan fingerprint density at radius 1 is 0.625 bits per heavy atom. The predicted molar refractivity (Wildman–Crippen MR) is 315 cm³/mol.